The number of hydrogen-bond acceptors (Lipinski definition) is 4. The normalized spacial score (nSPS) is 11.6. The van der Waals surface area contributed by atoms with Crippen LogP contribution >= 0.6 is 23.2 Å². The van der Waals surface area contributed by atoms with E-state index < -0.39 is 11.6 Å². The molecule has 0 unspecified atom stereocenters. The van der Waals surface area contributed by atoms with E-state index in [9.17, 15) is 15.0 Å². The van der Waals surface area contributed by atoms with E-state index in [-0.39, 0.29) is 17.9 Å². The third-order valence-electron chi connectivity index (χ3n) is 4.01. The highest BCUT2D eigenvalue weighted by molar-refractivity contribution is 6.33. The van der Waals surface area contributed by atoms with Gasteiger partial charge in [-0.2, -0.15) is 0 Å². The summed E-state index contributed by atoms with van der Waals surface area (Å²) in [6, 6.07) is 8.48. The van der Waals surface area contributed by atoms with E-state index in [1.165, 1.54) is 18.4 Å². The van der Waals surface area contributed by atoms with E-state index in [0.29, 0.717) is 27.0 Å². The molecule has 0 fully saturated rings. The van der Waals surface area contributed by atoms with Gasteiger partial charge in [-0.1, -0.05) is 23.2 Å². The lowest BCUT2D eigenvalue weighted by Gasteiger charge is -2.16. The number of hydrogen-bond donors (Lipinski definition) is 2. The summed E-state index contributed by atoms with van der Waals surface area (Å²) in [6.07, 6.45) is 3.19. The van der Waals surface area contributed by atoms with Crippen molar-refractivity contribution < 1.29 is 15.0 Å². The van der Waals surface area contributed by atoms with Gasteiger partial charge >= 0.3 is 5.97 Å². The van der Waals surface area contributed by atoms with Crippen molar-refractivity contribution in [3.63, 3.8) is 0 Å². The average molecular weight is 406 g/mol. The Bertz CT molecular complexity index is 995. The molecule has 3 aromatic rings. The van der Waals surface area contributed by atoms with Crippen LogP contribution in [0.5, 0.6) is 0 Å². The summed E-state index contributed by atoms with van der Waals surface area (Å²) in [5.74, 6) is -0.832. The number of rotatable bonds is 5. The zero-order valence-corrected chi connectivity index (χ0v) is 16.2. The molecule has 0 aliphatic heterocycles. The molecule has 2 N–H and O–H groups in total. The molecule has 3 rings (SSSR count). The highest BCUT2D eigenvalue weighted by atomic mass is 35.5. The van der Waals surface area contributed by atoms with Crippen LogP contribution < -0.4 is 0 Å². The molecule has 6 nitrogen and oxygen atoms in total. The number of carbonyl (C=O) groups is 1. The predicted octanol–water partition coefficient (Wildman–Crippen LogP) is 4.23. The summed E-state index contributed by atoms with van der Waals surface area (Å²) >= 11 is 12.3. The molecule has 0 saturated carbocycles. The van der Waals surface area contributed by atoms with Gasteiger partial charge < -0.3 is 14.8 Å². The third kappa shape index (κ3) is 3.98. The monoisotopic (exact) mass is 405 g/mol. The summed E-state index contributed by atoms with van der Waals surface area (Å²) in [4.78, 5) is 20.5. The van der Waals surface area contributed by atoms with Gasteiger partial charge in [-0.25, -0.2) is 9.78 Å². The van der Waals surface area contributed by atoms with Crippen molar-refractivity contribution in [3.8, 4) is 11.4 Å². The highest BCUT2D eigenvalue weighted by Crippen LogP contribution is 2.31. The second-order valence-electron chi connectivity index (χ2n) is 6.56. The van der Waals surface area contributed by atoms with Crippen molar-refractivity contribution >= 4 is 29.2 Å². The van der Waals surface area contributed by atoms with E-state index in [2.05, 4.69) is 9.97 Å². The maximum Gasteiger partial charge on any atom is 0.354 e. The lowest BCUT2D eigenvalue weighted by Crippen LogP contribution is -2.22. The van der Waals surface area contributed by atoms with Crippen molar-refractivity contribution in [2.45, 2.75) is 26.0 Å². The fraction of sp³-hybridized carbons (Fsp3) is 0.211. The molecule has 1 aromatic carbocycles. The molecule has 8 heteroatoms. The molecule has 27 heavy (non-hydrogen) atoms. The predicted molar refractivity (Wildman–Crippen MR) is 103 cm³/mol. The van der Waals surface area contributed by atoms with Crippen LogP contribution in [0.15, 0.2) is 42.7 Å². The first-order valence-electron chi connectivity index (χ1n) is 8.09. The smallest absolute Gasteiger partial charge is 0.354 e. The zero-order valence-electron chi connectivity index (χ0n) is 14.6. The van der Waals surface area contributed by atoms with Crippen LogP contribution in [0.2, 0.25) is 10.0 Å². The van der Waals surface area contributed by atoms with Crippen LogP contribution in [0, 0.1) is 0 Å². The van der Waals surface area contributed by atoms with Crippen LogP contribution in [0.1, 0.15) is 35.6 Å². The van der Waals surface area contributed by atoms with Gasteiger partial charge in [-0.3, -0.25) is 4.98 Å². The first-order valence-corrected chi connectivity index (χ1v) is 8.85. The van der Waals surface area contributed by atoms with E-state index in [1.54, 1.807) is 42.7 Å². The van der Waals surface area contributed by atoms with E-state index >= 15 is 0 Å². The van der Waals surface area contributed by atoms with Gasteiger partial charge in [0, 0.05) is 28.0 Å². The second-order valence-corrected chi connectivity index (χ2v) is 7.40. The molecule has 0 atom stereocenters. The summed E-state index contributed by atoms with van der Waals surface area (Å²) < 4.78 is 1.50. The zero-order chi connectivity index (χ0) is 19.8. The van der Waals surface area contributed by atoms with Gasteiger partial charge in [0.25, 0.3) is 0 Å². The first-order chi connectivity index (χ1) is 12.7. The topological polar surface area (TPSA) is 88.2 Å². The number of carboxylic acids is 1. The van der Waals surface area contributed by atoms with Crippen molar-refractivity contribution in [3.05, 3.63) is 69.7 Å². The fourth-order valence-corrected chi connectivity index (χ4v) is 3.17. The Labute approximate surface area is 166 Å². The molecule has 0 aliphatic carbocycles. The Hall–Kier alpha value is -2.41. The number of aliphatic hydroxyl groups is 1. The summed E-state index contributed by atoms with van der Waals surface area (Å²) in [6.45, 7) is 3.10. The van der Waals surface area contributed by atoms with E-state index in [0.717, 1.165) is 0 Å². The summed E-state index contributed by atoms with van der Waals surface area (Å²) in [7, 11) is 0. The minimum absolute atomic E-state index is 0.0620. The number of benzene rings is 1. The Balaban J connectivity index is 2.27. The quantitative estimate of drug-likeness (QED) is 0.662. The molecule has 140 valence electrons. The van der Waals surface area contributed by atoms with Crippen molar-refractivity contribution in [2.24, 2.45) is 0 Å². The maximum absolute atomic E-state index is 12.0. The van der Waals surface area contributed by atoms with Gasteiger partial charge in [-0.15, -0.1) is 0 Å². The number of aromatic carboxylic acids is 1. The molecule has 0 aliphatic rings. The first kappa shape index (κ1) is 19.4. The lowest BCUT2D eigenvalue weighted by molar-refractivity contribution is 0.0602. The van der Waals surface area contributed by atoms with Crippen molar-refractivity contribution in [1.29, 1.82) is 0 Å². The molecule has 0 saturated heterocycles. The van der Waals surface area contributed by atoms with Crippen molar-refractivity contribution in [1.82, 2.24) is 14.5 Å². The number of halogens is 2. The Morgan fingerprint density at radius 3 is 2.59 bits per heavy atom. The Kier molecular flexibility index (Phi) is 5.24. The molecular formula is C19H17Cl2N3O3. The van der Waals surface area contributed by atoms with Crippen LogP contribution in [0.3, 0.4) is 0 Å². The van der Waals surface area contributed by atoms with Crippen LogP contribution in [0.4, 0.5) is 0 Å². The Morgan fingerprint density at radius 2 is 2.00 bits per heavy atom. The van der Waals surface area contributed by atoms with Crippen LogP contribution in [-0.2, 0) is 12.1 Å². The molecular weight excluding hydrogens is 389 g/mol. The molecule has 0 radical (unpaired) electrons. The van der Waals surface area contributed by atoms with Gasteiger partial charge in [-0.05, 0) is 49.7 Å². The van der Waals surface area contributed by atoms with Gasteiger partial charge in [0.2, 0.25) is 0 Å². The minimum Gasteiger partial charge on any atom is -0.477 e. The van der Waals surface area contributed by atoms with E-state index in [4.69, 9.17) is 23.2 Å². The number of nitrogens with zero attached hydrogens (tertiary/aromatic N) is 3. The van der Waals surface area contributed by atoms with Gasteiger partial charge in [0.05, 0.1) is 6.54 Å². The standard InChI is InChI=1S/C19H17Cl2N3O3/c1-19(2,27)16-15(18(25)26)24(10-12-8-13(20)5-6-14(12)21)17(23-16)11-4-3-7-22-9-11/h3-9,27H,10H2,1-2H3,(H,25,26). The Morgan fingerprint density at radius 1 is 1.26 bits per heavy atom. The maximum atomic E-state index is 12.0. The average Bonchev–Trinajstić information content (AvgIpc) is 2.99. The minimum atomic E-state index is -1.45. The number of pyridine rings is 1. The molecule has 0 amide bonds. The SMILES string of the molecule is CC(C)(O)c1nc(-c2cccnc2)n(Cc2cc(Cl)ccc2Cl)c1C(=O)O. The second kappa shape index (κ2) is 7.31. The van der Waals surface area contributed by atoms with Crippen molar-refractivity contribution in [2.75, 3.05) is 0 Å². The number of imidazole rings is 1. The van der Waals surface area contributed by atoms with Gasteiger partial charge in [0.15, 0.2) is 5.69 Å². The van der Waals surface area contributed by atoms with Crippen LogP contribution in [-0.4, -0.2) is 30.7 Å². The van der Waals surface area contributed by atoms with Gasteiger partial charge in [0.1, 0.15) is 17.1 Å². The third-order valence-corrected chi connectivity index (χ3v) is 4.61. The lowest BCUT2D eigenvalue weighted by atomic mass is 10.0. The largest absolute Gasteiger partial charge is 0.477 e. The molecule has 0 spiro atoms. The molecule has 0 bridgehead atoms. The summed E-state index contributed by atoms with van der Waals surface area (Å²) in [5.41, 5.74) is -0.247. The van der Waals surface area contributed by atoms with Crippen LogP contribution in [0.25, 0.3) is 11.4 Å². The number of carboxylic acid groups (broad SMARTS) is 1. The van der Waals surface area contributed by atoms with E-state index in [1.807, 2.05) is 0 Å². The molecule has 2 heterocycles. The summed E-state index contributed by atoms with van der Waals surface area (Å²) in [5, 5.41) is 21.2. The molecule has 2 aromatic heterocycles. The highest BCUT2D eigenvalue weighted by Gasteiger charge is 2.32. The number of aromatic nitrogens is 3. The fourth-order valence-electron chi connectivity index (χ4n) is 2.80.